The quantitative estimate of drug-likeness (QED) is 0.394. The lowest BCUT2D eigenvalue weighted by atomic mass is 9.68. The van der Waals surface area contributed by atoms with Crippen LogP contribution in [0.3, 0.4) is 0 Å². The Kier molecular flexibility index (Phi) is 8.07. The van der Waals surface area contributed by atoms with Gasteiger partial charge in [0.2, 0.25) is 5.89 Å². The zero-order chi connectivity index (χ0) is 25.5. The van der Waals surface area contributed by atoms with Crippen molar-refractivity contribution in [3.05, 3.63) is 77.4 Å². The monoisotopic (exact) mass is 503 g/mol. The van der Waals surface area contributed by atoms with Crippen LogP contribution in [0, 0.1) is 5.92 Å². The number of ether oxygens (including phenoxy) is 2. The fraction of sp³-hybridized carbons (Fsp3) is 0.500. The van der Waals surface area contributed by atoms with E-state index in [0.717, 1.165) is 43.5 Å². The highest BCUT2D eigenvalue weighted by Gasteiger charge is 2.43. The smallest absolute Gasteiger partial charge is 0.407 e. The Bertz CT molecular complexity index is 1150. The Morgan fingerprint density at radius 1 is 1.03 bits per heavy atom. The molecule has 2 fully saturated rings. The minimum absolute atomic E-state index is 0.105. The minimum atomic E-state index is -0.365. The van der Waals surface area contributed by atoms with Crippen LogP contribution < -0.4 is 10.1 Å². The van der Waals surface area contributed by atoms with Crippen molar-refractivity contribution in [2.75, 3.05) is 13.7 Å². The average molecular weight is 504 g/mol. The van der Waals surface area contributed by atoms with E-state index in [4.69, 9.17) is 19.0 Å². The maximum atomic E-state index is 12.5. The summed E-state index contributed by atoms with van der Waals surface area (Å²) in [6, 6.07) is 18.3. The molecule has 5 rings (SSSR count). The zero-order valence-corrected chi connectivity index (χ0v) is 21.7. The van der Waals surface area contributed by atoms with Crippen molar-refractivity contribution in [1.82, 2.24) is 15.5 Å². The Hall–Kier alpha value is -3.35. The predicted octanol–water partition coefficient (Wildman–Crippen LogP) is 6.20. The summed E-state index contributed by atoms with van der Waals surface area (Å²) in [5, 5.41) is 7.47. The van der Waals surface area contributed by atoms with Crippen LogP contribution >= 0.6 is 0 Å². The molecule has 0 radical (unpaired) electrons. The number of hydrogen-bond donors (Lipinski definition) is 1. The largest absolute Gasteiger partial charge is 0.497 e. The average Bonchev–Trinajstić information content (AvgIpc) is 3.42. The lowest BCUT2D eigenvalue weighted by Gasteiger charge is -2.38. The van der Waals surface area contributed by atoms with E-state index in [9.17, 15) is 4.79 Å². The molecule has 2 saturated carbocycles. The van der Waals surface area contributed by atoms with Gasteiger partial charge in [-0.1, -0.05) is 66.9 Å². The van der Waals surface area contributed by atoms with Gasteiger partial charge in [0.1, 0.15) is 11.9 Å². The van der Waals surface area contributed by atoms with Crippen molar-refractivity contribution in [2.45, 2.75) is 75.7 Å². The highest BCUT2D eigenvalue weighted by atomic mass is 16.6. The topological polar surface area (TPSA) is 86.5 Å². The molecule has 2 aliphatic carbocycles. The second kappa shape index (κ2) is 11.8. The highest BCUT2D eigenvalue weighted by Crippen LogP contribution is 2.44. The van der Waals surface area contributed by atoms with Crippen LogP contribution in [0.1, 0.15) is 80.6 Å². The second-order valence-electron chi connectivity index (χ2n) is 10.5. The van der Waals surface area contributed by atoms with Gasteiger partial charge in [0.05, 0.1) is 18.9 Å². The summed E-state index contributed by atoms with van der Waals surface area (Å²) in [7, 11) is 1.66. The molecule has 2 aromatic carbocycles. The van der Waals surface area contributed by atoms with Crippen molar-refractivity contribution in [3.8, 4) is 5.75 Å². The van der Waals surface area contributed by atoms with Gasteiger partial charge in [-0.3, -0.25) is 0 Å². The van der Waals surface area contributed by atoms with Gasteiger partial charge in [0, 0.05) is 6.54 Å². The first-order valence-corrected chi connectivity index (χ1v) is 13.6. The van der Waals surface area contributed by atoms with Crippen LogP contribution in [0.25, 0.3) is 0 Å². The van der Waals surface area contributed by atoms with Crippen LogP contribution in [0.5, 0.6) is 5.75 Å². The van der Waals surface area contributed by atoms with E-state index in [1.165, 1.54) is 37.7 Å². The highest BCUT2D eigenvalue weighted by molar-refractivity contribution is 5.67. The third kappa shape index (κ3) is 6.14. The molecule has 37 heavy (non-hydrogen) atoms. The first-order chi connectivity index (χ1) is 18.1. The summed E-state index contributed by atoms with van der Waals surface area (Å²) in [5.41, 5.74) is 1.86. The summed E-state index contributed by atoms with van der Waals surface area (Å²) in [6.07, 6.45) is 9.49. The van der Waals surface area contributed by atoms with E-state index >= 15 is 0 Å². The molecule has 1 heterocycles. The summed E-state index contributed by atoms with van der Waals surface area (Å²) in [5.74, 6) is 2.68. The number of carbonyl (C=O) groups excluding carboxylic acids is 1. The van der Waals surface area contributed by atoms with Crippen molar-refractivity contribution in [1.29, 1.82) is 0 Å². The lowest BCUT2D eigenvalue weighted by molar-refractivity contribution is 0.0604. The molecule has 1 amide bonds. The molecule has 1 N–H and O–H groups in total. The van der Waals surface area contributed by atoms with Crippen LogP contribution in [0.2, 0.25) is 0 Å². The number of carbonyl (C=O) groups is 1. The van der Waals surface area contributed by atoms with Gasteiger partial charge in [0.15, 0.2) is 5.82 Å². The van der Waals surface area contributed by atoms with E-state index in [0.29, 0.717) is 24.1 Å². The third-order valence-electron chi connectivity index (χ3n) is 8.03. The first kappa shape index (κ1) is 25.3. The molecule has 7 heteroatoms. The summed E-state index contributed by atoms with van der Waals surface area (Å²) in [4.78, 5) is 17.4. The first-order valence-electron chi connectivity index (χ1n) is 13.6. The third-order valence-corrected chi connectivity index (χ3v) is 8.03. The van der Waals surface area contributed by atoms with Crippen LogP contribution in [0.4, 0.5) is 4.79 Å². The van der Waals surface area contributed by atoms with Crippen LogP contribution in [-0.4, -0.2) is 36.0 Å². The van der Waals surface area contributed by atoms with Gasteiger partial charge < -0.3 is 19.3 Å². The SMILES string of the molecule is COc1cccc(Cc2nc(C3(c4ccccc4)CCC(OC(=O)NCC4CCCCC4)CC3)no2)c1. The molecule has 0 spiro atoms. The number of rotatable bonds is 8. The molecule has 0 saturated heterocycles. The molecule has 196 valence electrons. The van der Waals surface area contributed by atoms with Crippen LogP contribution in [-0.2, 0) is 16.6 Å². The van der Waals surface area contributed by atoms with E-state index in [-0.39, 0.29) is 17.6 Å². The molecule has 0 aliphatic heterocycles. The number of nitrogens with one attached hydrogen (secondary N) is 1. The van der Waals surface area contributed by atoms with Crippen molar-refractivity contribution >= 4 is 6.09 Å². The maximum Gasteiger partial charge on any atom is 0.407 e. The standard InChI is InChI=1S/C30H37N3O4/c1-35-26-14-8-11-23(19-26)20-27-32-28(33-37-27)30(24-12-6-3-7-13-24)17-15-25(16-18-30)36-29(34)31-21-22-9-4-2-5-10-22/h3,6-8,11-14,19,22,25H,2,4-5,9-10,15-18,20-21H2,1H3,(H,31,34). The molecular formula is C30H37N3O4. The fourth-order valence-corrected chi connectivity index (χ4v) is 5.89. The van der Waals surface area contributed by atoms with Gasteiger partial charge in [0.25, 0.3) is 0 Å². The molecule has 0 bridgehead atoms. The normalized spacial score (nSPS) is 22.4. The Morgan fingerprint density at radius 2 is 1.81 bits per heavy atom. The maximum absolute atomic E-state index is 12.5. The summed E-state index contributed by atoms with van der Waals surface area (Å²) < 4.78 is 16.9. The zero-order valence-electron chi connectivity index (χ0n) is 21.7. The number of hydrogen-bond acceptors (Lipinski definition) is 6. The van der Waals surface area contributed by atoms with E-state index < -0.39 is 0 Å². The molecule has 2 aliphatic rings. The number of aromatic nitrogens is 2. The van der Waals surface area contributed by atoms with Gasteiger partial charge in [-0.2, -0.15) is 4.98 Å². The molecule has 3 aromatic rings. The Morgan fingerprint density at radius 3 is 2.57 bits per heavy atom. The number of benzene rings is 2. The molecular weight excluding hydrogens is 466 g/mol. The number of methoxy groups -OCH3 is 1. The van der Waals surface area contributed by atoms with Crippen molar-refractivity contribution in [2.24, 2.45) is 5.92 Å². The number of nitrogens with zero attached hydrogens (tertiary/aromatic N) is 2. The van der Waals surface area contributed by atoms with Crippen LogP contribution in [0.15, 0.2) is 59.1 Å². The van der Waals surface area contributed by atoms with E-state index in [1.54, 1.807) is 7.11 Å². The van der Waals surface area contributed by atoms with Crippen molar-refractivity contribution < 1.29 is 18.8 Å². The fourth-order valence-electron chi connectivity index (χ4n) is 5.89. The van der Waals surface area contributed by atoms with Gasteiger partial charge in [-0.15, -0.1) is 0 Å². The van der Waals surface area contributed by atoms with Gasteiger partial charge in [-0.05, 0) is 67.7 Å². The molecule has 7 nitrogen and oxygen atoms in total. The molecule has 1 aromatic heterocycles. The predicted molar refractivity (Wildman–Crippen MR) is 141 cm³/mol. The van der Waals surface area contributed by atoms with E-state index in [1.807, 2.05) is 30.3 Å². The number of amides is 1. The lowest BCUT2D eigenvalue weighted by Crippen LogP contribution is -2.39. The molecule has 0 atom stereocenters. The minimum Gasteiger partial charge on any atom is -0.497 e. The summed E-state index contributed by atoms with van der Waals surface area (Å²) >= 11 is 0. The Labute approximate surface area is 218 Å². The van der Waals surface area contributed by atoms with Gasteiger partial charge in [-0.25, -0.2) is 4.79 Å². The van der Waals surface area contributed by atoms with E-state index in [2.05, 4.69) is 34.7 Å². The Balaban J connectivity index is 1.25. The van der Waals surface area contributed by atoms with Gasteiger partial charge >= 0.3 is 6.09 Å². The number of alkyl carbamates (subject to hydrolysis) is 1. The molecule has 0 unspecified atom stereocenters. The van der Waals surface area contributed by atoms with Crippen molar-refractivity contribution in [3.63, 3.8) is 0 Å². The summed E-state index contributed by atoms with van der Waals surface area (Å²) in [6.45, 7) is 0.721. The second-order valence-corrected chi connectivity index (χ2v) is 10.5.